The number of hydrogen-bond donors (Lipinski definition) is 2. The van der Waals surface area contributed by atoms with E-state index in [4.69, 9.17) is 10.5 Å². The normalized spacial score (nSPS) is 11.2. The van der Waals surface area contributed by atoms with Crippen LogP contribution in [0.2, 0.25) is 0 Å². The molecule has 0 atom stereocenters. The molecule has 0 heterocycles. The molecule has 214 valence electrons. The van der Waals surface area contributed by atoms with Crippen LogP contribution in [0.3, 0.4) is 0 Å². The van der Waals surface area contributed by atoms with Gasteiger partial charge in [0, 0.05) is 18.7 Å². The molecule has 6 heteroatoms. The highest BCUT2D eigenvalue weighted by Gasteiger charge is 2.22. The molecule has 0 aliphatic heterocycles. The van der Waals surface area contributed by atoms with E-state index in [1.54, 1.807) is 11.0 Å². The Hall–Kier alpha value is -3.80. The lowest BCUT2D eigenvalue weighted by molar-refractivity contribution is -0.118. The van der Waals surface area contributed by atoms with E-state index in [9.17, 15) is 9.59 Å². The first-order chi connectivity index (χ1) is 19.1. The minimum Gasteiger partial charge on any atom is -0.456 e. The van der Waals surface area contributed by atoms with Gasteiger partial charge in [-0.25, -0.2) is 4.79 Å². The van der Waals surface area contributed by atoms with E-state index in [1.807, 2.05) is 81.4 Å². The Labute approximate surface area is 239 Å². The number of rotatable bonds is 13. The van der Waals surface area contributed by atoms with E-state index >= 15 is 0 Å². The molecule has 0 unspecified atom stereocenters. The first-order valence-electron chi connectivity index (χ1n) is 14.5. The van der Waals surface area contributed by atoms with Gasteiger partial charge in [0.15, 0.2) is 0 Å². The van der Waals surface area contributed by atoms with Crippen LogP contribution in [-0.4, -0.2) is 24.0 Å². The molecule has 3 N–H and O–H groups in total. The number of esters is 1. The number of unbranched alkanes of at least 4 members (excludes halogenated alkanes) is 3. The summed E-state index contributed by atoms with van der Waals surface area (Å²) in [4.78, 5) is 28.0. The van der Waals surface area contributed by atoms with Crippen molar-refractivity contribution < 1.29 is 14.3 Å². The second-order valence-electron chi connectivity index (χ2n) is 11.2. The summed E-state index contributed by atoms with van der Waals surface area (Å²) in [6, 6.07) is 21.3. The molecule has 6 nitrogen and oxygen atoms in total. The Morgan fingerprint density at radius 1 is 0.900 bits per heavy atom. The maximum Gasteiger partial charge on any atom is 0.339 e. The molecular weight excluding hydrogens is 498 g/mol. The molecule has 3 aromatic carbocycles. The molecular formula is C34H45N3O3. The zero-order chi connectivity index (χ0) is 29.1. The summed E-state index contributed by atoms with van der Waals surface area (Å²) in [5.74, 6) is -0.297. The average molecular weight is 544 g/mol. The van der Waals surface area contributed by atoms with Crippen LogP contribution in [0.1, 0.15) is 89.1 Å². The van der Waals surface area contributed by atoms with Gasteiger partial charge in [-0.2, -0.15) is 0 Å². The fourth-order valence-corrected chi connectivity index (χ4v) is 4.48. The van der Waals surface area contributed by atoms with Crippen molar-refractivity contribution in [3.05, 3.63) is 77.9 Å². The number of carbonyl (C=O) groups excluding carboxylic acids is 2. The Balaban J connectivity index is 1.87. The topological polar surface area (TPSA) is 84.7 Å². The van der Waals surface area contributed by atoms with Crippen molar-refractivity contribution in [1.82, 2.24) is 0 Å². The largest absolute Gasteiger partial charge is 0.456 e. The van der Waals surface area contributed by atoms with Gasteiger partial charge in [-0.05, 0) is 74.6 Å². The minimum atomic E-state index is -0.577. The maximum atomic E-state index is 13.4. The number of carbonyl (C=O) groups is 2. The molecule has 0 saturated heterocycles. The number of anilines is 3. The van der Waals surface area contributed by atoms with E-state index in [2.05, 4.69) is 19.2 Å². The van der Waals surface area contributed by atoms with Crippen LogP contribution in [0.15, 0.2) is 66.7 Å². The van der Waals surface area contributed by atoms with Gasteiger partial charge < -0.3 is 20.7 Å². The first kappa shape index (κ1) is 30.7. The van der Waals surface area contributed by atoms with Gasteiger partial charge in [0.05, 0.1) is 23.5 Å². The summed E-state index contributed by atoms with van der Waals surface area (Å²) in [5, 5.41) is 3.47. The van der Waals surface area contributed by atoms with Crippen LogP contribution in [0.25, 0.3) is 11.1 Å². The molecule has 0 radical (unpaired) electrons. The van der Waals surface area contributed by atoms with Crippen LogP contribution < -0.4 is 16.0 Å². The molecule has 40 heavy (non-hydrogen) atoms. The molecule has 3 rings (SSSR count). The molecule has 0 aliphatic carbocycles. The monoisotopic (exact) mass is 543 g/mol. The van der Waals surface area contributed by atoms with Gasteiger partial charge >= 0.3 is 5.97 Å². The standard InChI is InChI=1S/C34H45N3O3/c1-6-8-12-22-36-27-20-21-30(35)31(23-27)37(32(38)15-9-7-2)24-25-16-18-26(19-17-25)28-13-10-11-14-29(28)33(39)40-34(3,4)5/h10-11,13-14,16-21,23,36H,6-9,12,15,22,24,35H2,1-5H3. The second-order valence-corrected chi connectivity index (χ2v) is 11.2. The van der Waals surface area contributed by atoms with Crippen LogP contribution in [0.4, 0.5) is 17.1 Å². The Kier molecular flexibility index (Phi) is 11.2. The van der Waals surface area contributed by atoms with E-state index in [1.165, 1.54) is 12.8 Å². The third-order valence-corrected chi connectivity index (χ3v) is 6.63. The van der Waals surface area contributed by atoms with Crippen LogP contribution in [-0.2, 0) is 16.1 Å². The fraction of sp³-hybridized carbons (Fsp3) is 0.412. The summed E-state index contributed by atoms with van der Waals surface area (Å²) in [7, 11) is 0. The summed E-state index contributed by atoms with van der Waals surface area (Å²) in [6.07, 6.45) is 5.67. The van der Waals surface area contributed by atoms with Gasteiger partial charge in [0.25, 0.3) is 0 Å². The number of nitrogens with one attached hydrogen (secondary N) is 1. The number of nitrogens with two attached hydrogens (primary N) is 1. The predicted octanol–water partition coefficient (Wildman–Crippen LogP) is 8.22. The van der Waals surface area contributed by atoms with E-state index in [0.29, 0.717) is 24.2 Å². The maximum absolute atomic E-state index is 13.4. The molecule has 3 aromatic rings. The SMILES string of the molecule is CCCCCNc1ccc(N)c(N(Cc2ccc(-c3ccccc3C(=O)OC(C)(C)C)cc2)C(=O)CCCC)c1. The summed E-state index contributed by atoms with van der Waals surface area (Å²) in [6.45, 7) is 11.1. The Morgan fingerprint density at radius 2 is 1.60 bits per heavy atom. The van der Waals surface area contributed by atoms with Crippen LogP contribution in [0.5, 0.6) is 0 Å². The van der Waals surface area contributed by atoms with Crippen molar-refractivity contribution >= 4 is 28.9 Å². The smallest absolute Gasteiger partial charge is 0.339 e. The number of amides is 1. The van der Waals surface area contributed by atoms with Crippen LogP contribution in [0, 0.1) is 0 Å². The summed E-state index contributed by atoms with van der Waals surface area (Å²) < 4.78 is 5.63. The Bertz CT molecular complexity index is 1260. The van der Waals surface area contributed by atoms with Gasteiger partial charge in [-0.15, -0.1) is 0 Å². The van der Waals surface area contributed by atoms with Crippen molar-refractivity contribution in [2.75, 3.05) is 22.5 Å². The molecule has 1 amide bonds. The second kappa shape index (κ2) is 14.5. The summed E-state index contributed by atoms with van der Waals surface area (Å²) >= 11 is 0. The van der Waals surface area contributed by atoms with Crippen LogP contribution >= 0.6 is 0 Å². The first-order valence-corrected chi connectivity index (χ1v) is 14.5. The molecule has 0 aliphatic rings. The zero-order valence-corrected chi connectivity index (χ0v) is 24.8. The number of benzene rings is 3. The molecule has 0 aromatic heterocycles. The Morgan fingerprint density at radius 3 is 2.27 bits per heavy atom. The highest BCUT2D eigenvalue weighted by atomic mass is 16.6. The number of nitrogen functional groups attached to an aromatic ring is 1. The molecule has 0 fully saturated rings. The lowest BCUT2D eigenvalue weighted by Crippen LogP contribution is -2.31. The van der Waals surface area contributed by atoms with Crippen molar-refractivity contribution in [1.29, 1.82) is 0 Å². The van der Waals surface area contributed by atoms with E-state index in [0.717, 1.165) is 53.9 Å². The highest BCUT2D eigenvalue weighted by Crippen LogP contribution is 2.31. The van der Waals surface area contributed by atoms with Gasteiger partial charge in [-0.3, -0.25) is 4.79 Å². The number of ether oxygens (including phenoxy) is 1. The molecule has 0 spiro atoms. The lowest BCUT2D eigenvalue weighted by Gasteiger charge is -2.25. The minimum absolute atomic E-state index is 0.0519. The van der Waals surface area contributed by atoms with Crippen molar-refractivity contribution in [2.45, 2.75) is 85.3 Å². The third kappa shape index (κ3) is 8.87. The lowest BCUT2D eigenvalue weighted by atomic mass is 9.98. The van der Waals surface area contributed by atoms with Crippen molar-refractivity contribution in [2.24, 2.45) is 0 Å². The number of hydrogen-bond acceptors (Lipinski definition) is 5. The quantitative estimate of drug-likeness (QED) is 0.129. The summed E-state index contributed by atoms with van der Waals surface area (Å²) in [5.41, 5.74) is 11.3. The van der Waals surface area contributed by atoms with Crippen molar-refractivity contribution in [3.8, 4) is 11.1 Å². The molecule has 0 bridgehead atoms. The predicted molar refractivity (Wildman–Crippen MR) is 167 cm³/mol. The third-order valence-electron chi connectivity index (χ3n) is 6.63. The van der Waals surface area contributed by atoms with Crippen molar-refractivity contribution in [3.63, 3.8) is 0 Å². The average Bonchev–Trinajstić information content (AvgIpc) is 2.93. The zero-order valence-electron chi connectivity index (χ0n) is 24.8. The van der Waals surface area contributed by atoms with Gasteiger partial charge in [0.2, 0.25) is 5.91 Å². The van der Waals surface area contributed by atoms with E-state index < -0.39 is 5.60 Å². The van der Waals surface area contributed by atoms with Gasteiger partial charge in [-0.1, -0.05) is 75.6 Å². The fourth-order valence-electron chi connectivity index (χ4n) is 4.48. The molecule has 0 saturated carbocycles. The van der Waals surface area contributed by atoms with E-state index in [-0.39, 0.29) is 11.9 Å². The highest BCUT2D eigenvalue weighted by molar-refractivity contribution is 5.98. The number of nitrogens with zero attached hydrogens (tertiary/aromatic N) is 1. The van der Waals surface area contributed by atoms with Gasteiger partial charge in [0.1, 0.15) is 5.60 Å².